The van der Waals surface area contributed by atoms with Crippen molar-refractivity contribution in [2.75, 3.05) is 0 Å². The highest BCUT2D eigenvalue weighted by Crippen LogP contribution is 2.13. The first-order chi connectivity index (χ1) is 10.0. The maximum atomic E-state index is 11.4. The smallest absolute Gasteiger partial charge is 0.301 e. The Balaban J connectivity index is 2.42. The summed E-state index contributed by atoms with van der Waals surface area (Å²) in [5.74, 6) is 0. The van der Waals surface area contributed by atoms with Crippen molar-refractivity contribution in [3.05, 3.63) is 72.0 Å². The molecule has 1 aromatic heterocycles. The lowest BCUT2D eigenvalue weighted by atomic mass is 10.1. The first kappa shape index (κ1) is 14.4. The second-order valence-corrected chi connectivity index (χ2v) is 4.36. The van der Waals surface area contributed by atoms with Gasteiger partial charge in [0.25, 0.3) is 0 Å². The molecule has 7 nitrogen and oxygen atoms in total. The average molecular weight is 287 g/mol. The van der Waals surface area contributed by atoms with Crippen LogP contribution in [-0.2, 0) is 6.42 Å². The minimum atomic E-state index is -1.02. The van der Waals surface area contributed by atoms with Crippen molar-refractivity contribution in [2.24, 2.45) is 0 Å². The Morgan fingerprint density at radius 3 is 2.38 bits per heavy atom. The monoisotopic (exact) mass is 287 g/mol. The van der Waals surface area contributed by atoms with E-state index in [-0.39, 0.29) is 5.69 Å². The van der Waals surface area contributed by atoms with E-state index >= 15 is 0 Å². The van der Waals surface area contributed by atoms with E-state index in [1.807, 2.05) is 36.2 Å². The van der Waals surface area contributed by atoms with Crippen LogP contribution in [0.3, 0.4) is 0 Å². The van der Waals surface area contributed by atoms with Gasteiger partial charge in [-0.3, -0.25) is 19.9 Å². The summed E-state index contributed by atoms with van der Waals surface area (Å²) in [5, 5.41) is 10.9. The molecule has 0 saturated heterocycles. The molecule has 0 unspecified atom stereocenters. The fourth-order valence-corrected chi connectivity index (χ4v) is 1.84. The van der Waals surface area contributed by atoms with E-state index in [2.05, 4.69) is 4.98 Å². The summed E-state index contributed by atoms with van der Waals surface area (Å²) in [6.45, 7) is 2.04. The molecule has 0 aliphatic heterocycles. The minimum absolute atomic E-state index is 0.131. The molecule has 2 rings (SSSR count). The van der Waals surface area contributed by atoms with Gasteiger partial charge in [0.05, 0.1) is 4.92 Å². The molecule has 2 aromatic rings. The molecule has 0 fully saturated rings. The van der Waals surface area contributed by atoms with E-state index in [9.17, 15) is 19.7 Å². The largest absolute Gasteiger partial charge is 0.357 e. The van der Waals surface area contributed by atoms with Gasteiger partial charge in [0, 0.05) is 0 Å². The van der Waals surface area contributed by atoms with Crippen molar-refractivity contribution < 1.29 is 4.92 Å². The van der Waals surface area contributed by atoms with Gasteiger partial charge < -0.3 is 4.98 Å². The summed E-state index contributed by atoms with van der Waals surface area (Å²) in [6.07, 6.45) is 3.85. The maximum Gasteiger partial charge on any atom is 0.357 e. The number of nitrogens with zero attached hydrogens (tertiary/aromatic N) is 1. The van der Waals surface area contributed by atoms with Crippen LogP contribution in [0.25, 0.3) is 12.2 Å². The number of nitrogens with one attached hydrogen (secondary N) is 2. The van der Waals surface area contributed by atoms with Gasteiger partial charge in [-0.1, -0.05) is 37.3 Å². The van der Waals surface area contributed by atoms with Gasteiger partial charge in [-0.25, -0.2) is 4.79 Å². The third-order valence-electron chi connectivity index (χ3n) is 2.96. The quantitative estimate of drug-likeness (QED) is 0.658. The fraction of sp³-hybridized carbons (Fsp3) is 0.143. The summed E-state index contributed by atoms with van der Waals surface area (Å²) in [4.78, 5) is 36.8. The second-order valence-electron chi connectivity index (χ2n) is 4.36. The van der Waals surface area contributed by atoms with E-state index in [4.69, 9.17) is 0 Å². The highest BCUT2D eigenvalue weighted by molar-refractivity contribution is 5.71. The van der Waals surface area contributed by atoms with Crippen molar-refractivity contribution >= 4 is 17.8 Å². The third kappa shape index (κ3) is 3.33. The zero-order chi connectivity index (χ0) is 15.4. The van der Waals surface area contributed by atoms with Crippen LogP contribution < -0.4 is 11.2 Å². The van der Waals surface area contributed by atoms with E-state index in [0.29, 0.717) is 0 Å². The second kappa shape index (κ2) is 6.00. The number of H-pyrrole nitrogens is 2. The first-order valence-corrected chi connectivity index (χ1v) is 6.29. The molecule has 1 aromatic carbocycles. The predicted octanol–water partition coefficient (Wildman–Crippen LogP) is 1.70. The standard InChI is InChI=1S/C14H13N3O4/c1-2-9-3-5-10(6-4-9)7-8-11-12(17(20)21)13(18)16-14(19)15-11/h3-8H,2H2,1H3,(H2,15,16,18,19). The van der Waals surface area contributed by atoms with Gasteiger partial charge >= 0.3 is 16.9 Å². The molecule has 0 atom stereocenters. The molecule has 0 radical (unpaired) electrons. The lowest BCUT2D eigenvalue weighted by molar-refractivity contribution is -0.386. The summed E-state index contributed by atoms with van der Waals surface area (Å²) >= 11 is 0. The molecule has 0 bridgehead atoms. The van der Waals surface area contributed by atoms with Gasteiger partial charge in [0.2, 0.25) is 0 Å². The van der Waals surface area contributed by atoms with Gasteiger partial charge in [-0.05, 0) is 23.6 Å². The zero-order valence-corrected chi connectivity index (χ0v) is 11.3. The zero-order valence-electron chi connectivity index (χ0n) is 11.3. The number of aromatic nitrogens is 2. The van der Waals surface area contributed by atoms with E-state index < -0.39 is 21.9 Å². The number of rotatable bonds is 4. The molecule has 21 heavy (non-hydrogen) atoms. The van der Waals surface area contributed by atoms with Gasteiger partial charge in [-0.15, -0.1) is 0 Å². The number of aromatic amines is 2. The molecule has 0 aliphatic carbocycles. The molecule has 1 heterocycles. The maximum absolute atomic E-state index is 11.4. The summed E-state index contributed by atoms with van der Waals surface area (Å²) in [7, 11) is 0. The van der Waals surface area contributed by atoms with Crippen LogP contribution in [0.4, 0.5) is 5.69 Å². The minimum Gasteiger partial charge on any atom is -0.301 e. The van der Waals surface area contributed by atoms with Crippen molar-refractivity contribution in [2.45, 2.75) is 13.3 Å². The first-order valence-electron chi connectivity index (χ1n) is 6.29. The Labute approximate surface area is 119 Å². The fourth-order valence-electron chi connectivity index (χ4n) is 1.84. The third-order valence-corrected chi connectivity index (χ3v) is 2.96. The van der Waals surface area contributed by atoms with Gasteiger partial charge in [0.1, 0.15) is 5.69 Å². The number of hydrogen-bond acceptors (Lipinski definition) is 4. The topological polar surface area (TPSA) is 109 Å². The van der Waals surface area contributed by atoms with Crippen molar-refractivity contribution in [3.8, 4) is 0 Å². The average Bonchev–Trinajstić information content (AvgIpc) is 2.44. The van der Waals surface area contributed by atoms with Crippen LogP contribution in [0.2, 0.25) is 0 Å². The summed E-state index contributed by atoms with van der Waals surface area (Å²) in [6, 6.07) is 7.59. The highest BCUT2D eigenvalue weighted by Gasteiger charge is 2.18. The molecule has 7 heteroatoms. The molecule has 0 amide bonds. The van der Waals surface area contributed by atoms with Crippen LogP contribution in [0.15, 0.2) is 33.9 Å². The Hall–Kier alpha value is -2.96. The van der Waals surface area contributed by atoms with Crippen molar-refractivity contribution in [3.63, 3.8) is 0 Å². The van der Waals surface area contributed by atoms with Crippen LogP contribution in [0.5, 0.6) is 0 Å². The van der Waals surface area contributed by atoms with Crippen molar-refractivity contribution in [1.82, 2.24) is 9.97 Å². The lowest BCUT2D eigenvalue weighted by Gasteiger charge is -1.98. The summed E-state index contributed by atoms with van der Waals surface area (Å²) < 4.78 is 0. The van der Waals surface area contributed by atoms with E-state index in [1.165, 1.54) is 11.6 Å². The molecular formula is C14H13N3O4. The highest BCUT2D eigenvalue weighted by atomic mass is 16.6. The van der Waals surface area contributed by atoms with Crippen LogP contribution in [0.1, 0.15) is 23.7 Å². The predicted molar refractivity (Wildman–Crippen MR) is 79.1 cm³/mol. The molecule has 0 saturated carbocycles. The Kier molecular flexibility index (Phi) is 4.13. The Bertz CT molecular complexity index is 800. The summed E-state index contributed by atoms with van der Waals surface area (Å²) in [5.41, 5.74) is -0.647. The van der Waals surface area contributed by atoms with Crippen molar-refractivity contribution in [1.29, 1.82) is 0 Å². The van der Waals surface area contributed by atoms with Crippen LogP contribution >= 0.6 is 0 Å². The Morgan fingerprint density at radius 1 is 1.14 bits per heavy atom. The number of hydrogen-bond donors (Lipinski definition) is 2. The van der Waals surface area contributed by atoms with E-state index in [0.717, 1.165) is 12.0 Å². The molecule has 108 valence electrons. The van der Waals surface area contributed by atoms with Gasteiger partial charge in [0.15, 0.2) is 0 Å². The number of aryl methyl sites for hydroxylation is 1. The van der Waals surface area contributed by atoms with E-state index in [1.54, 1.807) is 6.08 Å². The van der Waals surface area contributed by atoms with Crippen LogP contribution in [0, 0.1) is 10.1 Å². The molecule has 0 spiro atoms. The normalized spacial score (nSPS) is 10.9. The molecule has 0 aliphatic rings. The molecular weight excluding hydrogens is 274 g/mol. The van der Waals surface area contributed by atoms with Gasteiger partial charge in [-0.2, -0.15) is 0 Å². The SMILES string of the molecule is CCc1ccc(C=Cc2[nH]c(=O)[nH]c(=O)c2[N+](=O)[O-])cc1. The number of nitro groups is 1. The van der Waals surface area contributed by atoms with Crippen LogP contribution in [-0.4, -0.2) is 14.9 Å². The molecule has 2 N–H and O–H groups in total. The lowest BCUT2D eigenvalue weighted by Crippen LogP contribution is -2.25. The number of benzene rings is 1. The Morgan fingerprint density at radius 2 is 1.81 bits per heavy atom.